The molecule has 0 fully saturated rings. The first-order valence-corrected chi connectivity index (χ1v) is 6.40. The quantitative estimate of drug-likeness (QED) is 0.668. The minimum atomic E-state index is -0.522. The van der Waals surface area contributed by atoms with Crippen molar-refractivity contribution in [2.45, 2.75) is 13.5 Å². The van der Waals surface area contributed by atoms with Crippen LogP contribution in [0, 0.1) is 17.0 Å². The molecule has 2 aromatic rings. The predicted octanol–water partition coefficient (Wildman–Crippen LogP) is 3.22. The van der Waals surface area contributed by atoms with Gasteiger partial charge in [0.25, 0.3) is 5.69 Å². The summed E-state index contributed by atoms with van der Waals surface area (Å²) in [7, 11) is 0. The zero-order valence-corrected chi connectivity index (χ0v) is 11.5. The van der Waals surface area contributed by atoms with E-state index in [0.29, 0.717) is 6.54 Å². The molecule has 2 N–H and O–H groups in total. The number of carbonyl (C=O) groups excluding carboxylic acids is 1. The van der Waals surface area contributed by atoms with Crippen molar-refractivity contribution in [1.29, 1.82) is 0 Å². The van der Waals surface area contributed by atoms with Gasteiger partial charge in [-0.2, -0.15) is 0 Å². The number of nitrogens with zero attached hydrogens (tertiary/aromatic N) is 1. The average Bonchev–Trinajstić information content (AvgIpc) is 2.46. The van der Waals surface area contributed by atoms with E-state index in [-0.39, 0.29) is 11.4 Å². The number of carbonyl (C=O) groups is 1. The van der Waals surface area contributed by atoms with Crippen molar-refractivity contribution in [2.75, 3.05) is 5.32 Å². The number of anilines is 1. The van der Waals surface area contributed by atoms with Gasteiger partial charge in [0.05, 0.1) is 4.92 Å². The molecule has 0 spiro atoms. The average molecular weight is 285 g/mol. The molecule has 2 aromatic carbocycles. The summed E-state index contributed by atoms with van der Waals surface area (Å²) in [6.07, 6.45) is 0. The molecule has 0 unspecified atom stereocenters. The zero-order valence-electron chi connectivity index (χ0n) is 11.5. The van der Waals surface area contributed by atoms with Gasteiger partial charge in [-0.3, -0.25) is 10.1 Å². The molecular weight excluding hydrogens is 270 g/mol. The molecule has 0 aliphatic carbocycles. The highest BCUT2D eigenvalue weighted by molar-refractivity contribution is 5.91. The van der Waals surface area contributed by atoms with E-state index < -0.39 is 11.0 Å². The molecule has 6 heteroatoms. The van der Waals surface area contributed by atoms with Crippen LogP contribution in [0.4, 0.5) is 16.2 Å². The highest BCUT2D eigenvalue weighted by atomic mass is 16.6. The van der Waals surface area contributed by atoms with Crippen LogP contribution in [0.3, 0.4) is 0 Å². The number of aryl methyl sites for hydroxylation is 1. The molecule has 2 rings (SSSR count). The monoisotopic (exact) mass is 285 g/mol. The fourth-order valence-electron chi connectivity index (χ4n) is 1.85. The lowest BCUT2D eigenvalue weighted by Gasteiger charge is -2.08. The van der Waals surface area contributed by atoms with Crippen molar-refractivity contribution < 1.29 is 9.72 Å². The van der Waals surface area contributed by atoms with Crippen LogP contribution in [0.1, 0.15) is 11.1 Å². The minimum Gasteiger partial charge on any atom is -0.334 e. The van der Waals surface area contributed by atoms with E-state index in [2.05, 4.69) is 10.6 Å². The molecule has 108 valence electrons. The van der Waals surface area contributed by atoms with E-state index in [1.807, 2.05) is 30.3 Å². The van der Waals surface area contributed by atoms with Gasteiger partial charge < -0.3 is 10.6 Å². The summed E-state index contributed by atoms with van der Waals surface area (Å²) in [5, 5.41) is 16.1. The van der Waals surface area contributed by atoms with Crippen molar-refractivity contribution in [2.24, 2.45) is 0 Å². The molecule has 0 aliphatic rings. The third kappa shape index (κ3) is 4.04. The Morgan fingerprint density at radius 2 is 1.90 bits per heavy atom. The first kappa shape index (κ1) is 14.5. The molecule has 0 aromatic heterocycles. The van der Waals surface area contributed by atoms with Crippen LogP contribution in [0.15, 0.2) is 48.5 Å². The van der Waals surface area contributed by atoms with Crippen LogP contribution in [-0.4, -0.2) is 11.0 Å². The second kappa shape index (κ2) is 6.51. The highest BCUT2D eigenvalue weighted by Gasteiger charge is 2.15. The molecule has 0 saturated carbocycles. The van der Waals surface area contributed by atoms with Gasteiger partial charge in [-0.1, -0.05) is 36.4 Å². The van der Waals surface area contributed by atoms with E-state index >= 15 is 0 Å². The van der Waals surface area contributed by atoms with Crippen molar-refractivity contribution >= 4 is 17.4 Å². The van der Waals surface area contributed by atoms with Crippen molar-refractivity contribution in [3.63, 3.8) is 0 Å². The summed E-state index contributed by atoms with van der Waals surface area (Å²) >= 11 is 0. The Kier molecular flexibility index (Phi) is 4.50. The van der Waals surface area contributed by atoms with E-state index in [4.69, 9.17) is 0 Å². The van der Waals surface area contributed by atoms with Gasteiger partial charge in [-0.05, 0) is 24.1 Å². The van der Waals surface area contributed by atoms with Crippen LogP contribution in [0.25, 0.3) is 0 Å². The number of urea groups is 1. The molecular formula is C15H15N3O3. The summed E-state index contributed by atoms with van der Waals surface area (Å²) in [6, 6.07) is 13.5. The first-order chi connectivity index (χ1) is 10.1. The Hall–Kier alpha value is -2.89. The Morgan fingerprint density at radius 1 is 1.19 bits per heavy atom. The van der Waals surface area contributed by atoms with Crippen LogP contribution in [-0.2, 0) is 6.54 Å². The molecule has 0 heterocycles. The molecule has 6 nitrogen and oxygen atoms in total. The Labute approximate surface area is 121 Å². The van der Waals surface area contributed by atoms with E-state index in [1.54, 1.807) is 19.1 Å². The maximum absolute atomic E-state index is 11.8. The second-order valence-corrected chi connectivity index (χ2v) is 4.57. The molecule has 21 heavy (non-hydrogen) atoms. The third-order valence-electron chi connectivity index (χ3n) is 2.89. The second-order valence-electron chi connectivity index (χ2n) is 4.57. The lowest BCUT2D eigenvalue weighted by atomic mass is 10.2. The maximum atomic E-state index is 11.8. The predicted molar refractivity (Wildman–Crippen MR) is 80.1 cm³/mol. The van der Waals surface area contributed by atoms with E-state index in [1.165, 1.54) is 6.07 Å². The van der Waals surface area contributed by atoms with Crippen molar-refractivity contribution in [3.8, 4) is 0 Å². The number of nitro benzene ring substituents is 1. The van der Waals surface area contributed by atoms with Gasteiger partial charge in [0.15, 0.2) is 0 Å². The Balaban J connectivity index is 2.02. The molecule has 0 radical (unpaired) electrons. The van der Waals surface area contributed by atoms with Gasteiger partial charge in [0, 0.05) is 12.6 Å². The standard InChI is InChI=1S/C15H15N3O3/c1-11-7-8-14(18(20)21)13(9-11)17-15(19)16-10-12-5-3-2-4-6-12/h2-9H,10H2,1H3,(H2,16,17,19). The number of nitrogens with one attached hydrogen (secondary N) is 2. The van der Waals surface area contributed by atoms with Crippen molar-refractivity contribution in [1.82, 2.24) is 5.32 Å². The molecule has 2 amide bonds. The van der Waals surface area contributed by atoms with Gasteiger partial charge in [-0.25, -0.2) is 4.79 Å². The SMILES string of the molecule is Cc1ccc([N+](=O)[O-])c(NC(=O)NCc2ccccc2)c1. The summed E-state index contributed by atoms with van der Waals surface area (Å²) < 4.78 is 0. The van der Waals surface area contributed by atoms with E-state index in [0.717, 1.165) is 11.1 Å². The lowest BCUT2D eigenvalue weighted by molar-refractivity contribution is -0.383. The number of rotatable bonds is 4. The fourth-order valence-corrected chi connectivity index (χ4v) is 1.85. The Morgan fingerprint density at radius 3 is 2.57 bits per heavy atom. The molecule has 0 saturated heterocycles. The zero-order chi connectivity index (χ0) is 15.2. The largest absolute Gasteiger partial charge is 0.334 e. The van der Waals surface area contributed by atoms with E-state index in [9.17, 15) is 14.9 Å². The molecule has 0 aliphatic heterocycles. The fraction of sp³-hybridized carbons (Fsp3) is 0.133. The number of nitro groups is 1. The normalized spacial score (nSPS) is 9.95. The third-order valence-corrected chi connectivity index (χ3v) is 2.89. The van der Waals surface area contributed by atoms with Gasteiger partial charge in [0.1, 0.15) is 5.69 Å². The number of amides is 2. The topological polar surface area (TPSA) is 84.3 Å². The Bertz CT molecular complexity index is 656. The lowest BCUT2D eigenvalue weighted by Crippen LogP contribution is -2.28. The first-order valence-electron chi connectivity index (χ1n) is 6.40. The van der Waals surface area contributed by atoms with Gasteiger partial charge in [-0.15, -0.1) is 0 Å². The van der Waals surface area contributed by atoms with Crippen LogP contribution >= 0.6 is 0 Å². The van der Waals surface area contributed by atoms with Gasteiger partial charge >= 0.3 is 6.03 Å². The number of hydrogen-bond acceptors (Lipinski definition) is 3. The molecule has 0 atom stereocenters. The summed E-state index contributed by atoms with van der Waals surface area (Å²) in [5.41, 5.74) is 1.84. The maximum Gasteiger partial charge on any atom is 0.319 e. The summed E-state index contributed by atoms with van der Waals surface area (Å²) in [4.78, 5) is 22.2. The smallest absolute Gasteiger partial charge is 0.319 e. The van der Waals surface area contributed by atoms with Crippen LogP contribution in [0.5, 0.6) is 0 Å². The molecule has 0 bridgehead atoms. The summed E-state index contributed by atoms with van der Waals surface area (Å²) in [6.45, 7) is 2.16. The number of benzene rings is 2. The van der Waals surface area contributed by atoms with Crippen molar-refractivity contribution in [3.05, 3.63) is 69.8 Å². The minimum absolute atomic E-state index is 0.129. The van der Waals surface area contributed by atoms with Crippen LogP contribution < -0.4 is 10.6 Å². The highest BCUT2D eigenvalue weighted by Crippen LogP contribution is 2.24. The van der Waals surface area contributed by atoms with Gasteiger partial charge in [0.2, 0.25) is 0 Å². The number of hydrogen-bond donors (Lipinski definition) is 2. The van der Waals surface area contributed by atoms with Crippen LogP contribution in [0.2, 0.25) is 0 Å². The summed E-state index contributed by atoms with van der Waals surface area (Å²) in [5.74, 6) is 0.